The predicted octanol–water partition coefficient (Wildman–Crippen LogP) is 4.07. The van der Waals surface area contributed by atoms with Gasteiger partial charge in [-0.05, 0) is 52.4 Å². The van der Waals surface area contributed by atoms with Crippen molar-refractivity contribution in [3.63, 3.8) is 0 Å². The molecule has 0 spiro atoms. The molecular formula is C16H15BrN6O2S. The molecule has 1 saturated heterocycles. The van der Waals surface area contributed by atoms with Crippen molar-refractivity contribution < 1.29 is 4.92 Å². The van der Waals surface area contributed by atoms with Gasteiger partial charge in [0.2, 0.25) is 5.82 Å². The van der Waals surface area contributed by atoms with E-state index in [1.165, 1.54) is 12.3 Å². The number of anilines is 3. The maximum absolute atomic E-state index is 11.4. The molecule has 0 atom stereocenters. The van der Waals surface area contributed by atoms with Crippen LogP contribution in [0, 0.1) is 21.4 Å². The lowest BCUT2D eigenvalue weighted by molar-refractivity contribution is -0.384. The van der Waals surface area contributed by atoms with E-state index in [1.807, 2.05) is 17.8 Å². The van der Waals surface area contributed by atoms with Crippen molar-refractivity contribution in [2.24, 2.45) is 0 Å². The van der Waals surface area contributed by atoms with Crippen LogP contribution in [0.5, 0.6) is 0 Å². The zero-order chi connectivity index (χ0) is 18.5. The topological polar surface area (TPSA) is 117 Å². The molecule has 3 heterocycles. The molecule has 2 aromatic rings. The van der Waals surface area contributed by atoms with E-state index in [-0.39, 0.29) is 11.5 Å². The van der Waals surface area contributed by atoms with Crippen LogP contribution in [0.4, 0.5) is 23.1 Å². The highest BCUT2D eigenvalue weighted by Gasteiger charge is 2.22. The van der Waals surface area contributed by atoms with Gasteiger partial charge in [-0.15, -0.1) is 0 Å². The number of pyridine rings is 2. The Bertz CT molecular complexity index is 849. The van der Waals surface area contributed by atoms with Crippen LogP contribution < -0.4 is 10.6 Å². The maximum Gasteiger partial charge on any atom is 0.313 e. The minimum absolute atomic E-state index is 0.100. The largest absolute Gasteiger partial charge is 0.366 e. The van der Waals surface area contributed by atoms with Gasteiger partial charge >= 0.3 is 5.69 Å². The first-order valence-corrected chi connectivity index (χ1v) is 9.84. The van der Waals surface area contributed by atoms with Crippen molar-refractivity contribution in [1.29, 1.82) is 5.26 Å². The highest BCUT2D eigenvalue weighted by Crippen LogP contribution is 2.34. The van der Waals surface area contributed by atoms with Gasteiger partial charge in [-0.1, -0.05) is 0 Å². The minimum atomic E-state index is -0.495. The first kappa shape index (κ1) is 18.4. The fourth-order valence-electron chi connectivity index (χ4n) is 2.50. The van der Waals surface area contributed by atoms with Gasteiger partial charge in [0.25, 0.3) is 0 Å². The SMILES string of the molecule is N#Cc1ccc(Nc2nc(NC3CCSCC3)c(Br)cc2[N+](=O)[O-])nc1. The van der Waals surface area contributed by atoms with Crippen molar-refractivity contribution in [3.8, 4) is 6.07 Å². The molecule has 1 aliphatic heterocycles. The Balaban J connectivity index is 1.88. The van der Waals surface area contributed by atoms with E-state index in [0.29, 0.717) is 27.7 Å². The van der Waals surface area contributed by atoms with Crippen molar-refractivity contribution in [3.05, 3.63) is 44.5 Å². The minimum Gasteiger partial charge on any atom is -0.366 e. The highest BCUT2D eigenvalue weighted by molar-refractivity contribution is 9.10. The molecule has 1 fully saturated rings. The highest BCUT2D eigenvalue weighted by atomic mass is 79.9. The molecule has 134 valence electrons. The molecule has 0 bridgehead atoms. The number of thioether (sulfide) groups is 1. The number of nitrogens with zero attached hydrogens (tertiary/aromatic N) is 4. The van der Waals surface area contributed by atoms with Crippen LogP contribution >= 0.6 is 27.7 Å². The Labute approximate surface area is 162 Å². The monoisotopic (exact) mass is 434 g/mol. The van der Waals surface area contributed by atoms with Gasteiger partial charge in [-0.25, -0.2) is 9.97 Å². The third-order valence-electron chi connectivity index (χ3n) is 3.85. The Morgan fingerprint density at radius 1 is 1.35 bits per heavy atom. The number of hydrogen-bond acceptors (Lipinski definition) is 8. The average Bonchev–Trinajstić information content (AvgIpc) is 2.65. The number of nitriles is 1. The van der Waals surface area contributed by atoms with Crippen LogP contribution in [0.25, 0.3) is 0 Å². The smallest absolute Gasteiger partial charge is 0.313 e. The summed E-state index contributed by atoms with van der Waals surface area (Å²) in [6, 6.07) is 6.86. The van der Waals surface area contributed by atoms with Gasteiger partial charge in [0.15, 0.2) is 0 Å². The van der Waals surface area contributed by atoms with E-state index in [0.717, 1.165) is 24.3 Å². The van der Waals surface area contributed by atoms with E-state index in [2.05, 4.69) is 36.5 Å². The van der Waals surface area contributed by atoms with E-state index < -0.39 is 4.92 Å². The van der Waals surface area contributed by atoms with E-state index in [4.69, 9.17) is 5.26 Å². The Morgan fingerprint density at radius 2 is 2.12 bits per heavy atom. The molecule has 2 aromatic heterocycles. The van der Waals surface area contributed by atoms with Gasteiger partial charge in [-0.3, -0.25) is 10.1 Å². The summed E-state index contributed by atoms with van der Waals surface area (Å²) >= 11 is 5.29. The van der Waals surface area contributed by atoms with E-state index in [9.17, 15) is 10.1 Å². The summed E-state index contributed by atoms with van der Waals surface area (Å²) in [5, 5.41) is 26.4. The molecule has 3 rings (SSSR count). The van der Waals surface area contributed by atoms with Crippen molar-refractivity contribution in [2.45, 2.75) is 18.9 Å². The van der Waals surface area contributed by atoms with Crippen LogP contribution in [0.3, 0.4) is 0 Å². The summed E-state index contributed by atoms with van der Waals surface area (Å²) < 4.78 is 0.542. The lowest BCUT2D eigenvalue weighted by atomic mass is 10.1. The number of halogens is 1. The summed E-state index contributed by atoms with van der Waals surface area (Å²) in [6.45, 7) is 0. The molecule has 0 saturated carbocycles. The fourth-order valence-corrected chi connectivity index (χ4v) is 4.03. The molecular weight excluding hydrogens is 420 g/mol. The van der Waals surface area contributed by atoms with E-state index >= 15 is 0 Å². The number of hydrogen-bond donors (Lipinski definition) is 2. The van der Waals surface area contributed by atoms with Gasteiger partial charge in [0, 0.05) is 18.3 Å². The van der Waals surface area contributed by atoms with Gasteiger partial charge in [-0.2, -0.15) is 17.0 Å². The normalized spacial score (nSPS) is 14.5. The average molecular weight is 435 g/mol. The molecule has 0 aromatic carbocycles. The van der Waals surface area contributed by atoms with E-state index in [1.54, 1.807) is 12.1 Å². The molecule has 0 unspecified atom stereocenters. The lowest BCUT2D eigenvalue weighted by Crippen LogP contribution is -2.25. The predicted molar refractivity (Wildman–Crippen MR) is 105 cm³/mol. The van der Waals surface area contributed by atoms with Gasteiger partial charge in [0.1, 0.15) is 17.7 Å². The Kier molecular flexibility index (Phi) is 5.90. The summed E-state index contributed by atoms with van der Waals surface area (Å²) in [5.41, 5.74) is 0.249. The van der Waals surface area contributed by atoms with Crippen molar-refractivity contribution in [1.82, 2.24) is 9.97 Å². The first-order chi connectivity index (χ1) is 12.6. The number of aromatic nitrogens is 2. The molecule has 0 amide bonds. The Morgan fingerprint density at radius 3 is 2.73 bits per heavy atom. The van der Waals surface area contributed by atoms with Crippen LogP contribution in [-0.4, -0.2) is 32.4 Å². The second-order valence-electron chi connectivity index (χ2n) is 5.64. The van der Waals surface area contributed by atoms with Crippen LogP contribution in [0.15, 0.2) is 28.9 Å². The van der Waals surface area contributed by atoms with Crippen LogP contribution in [0.1, 0.15) is 18.4 Å². The first-order valence-electron chi connectivity index (χ1n) is 7.89. The quantitative estimate of drug-likeness (QED) is 0.533. The molecule has 1 aliphatic rings. The zero-order valence-corrected chi connectivity index (χ0v) is 16.0. The summed E-state index contributed by atoms with van der Waals surface area (Å²) in [4.78, 5) is 19.4. The van der Waals surface area contributed by atoms with Crippen molar-refractivity contribution >= 4 is 50.8 Å². The third kappa shape index (κ3) is 4.42. The molecule has 0 aliphatic carbocycles. The summed E-state index contributed by atoms with van der Waals surface area (Å²) in [6.07, 6.45) is 3.44. The standard InChI is InChI=1S/C16H15BrN6O2S/c17-12-7-13(23(24)25)16(21-14-2-1-10(8-18)9-19-14)22-15(12)20-11-3-5-26-6-4-11/h1-2,7,9,11H,3-6H2,(H2,19,20,21,22). The fraction of sp³-hybridized carbons (Fsp3) is 0.312. The zero-order valence-electron chi connectivity index (χ0n) is 13.6. The van der Waals surface area contributed by atoms with Crippen LogP contribution in [0.2, 0.25) is 0 Å². The Hall–Kier alpha value is -2.38. The lowest BCUT2D eigenvalue weighted by Gasteiger charge is -2.23. The summed E-state index contributed by atoms with van der Waals surface area (Å²) in [5.74, 6) is 3.21. The molecule has 8 nitrogen and oxygen atoms in total. The number of rotatable bonds is 5. The second kappa shape index (κ2) is 8.33. The molecule has 10 heteroatoms. The number of nitrogens with one attached hydrogen (secondary N) is 2. The van der Waals surface area contributed by atoms with Crippen LogP contribution in [-0.2, 0) is 0 Å². The van der Waals surface area contributed by atoms with Crippen molar-refractivity contribution in [2.75, 3.05) is 22.1 Å². The van der Waals surface area contributed by atoms with Gasteiger partial charge < -0.3 is 10.6 Å². The summed E-state index contributed by atoms with van der Waals surface area (Å²) in [7, 11) is 0. The second-order valence-corrected chi connectivity index (χ2v) is 7.72. The maximum atomic E-state index is 11.4. The molecule has 0 radical (unpaired) electrons. The van der Waals surface area contributed by atoms with Gasteiger partial charge in [0.05, 0.1) is 15.0 Å². The third-order valence-corrected chi connectivity index (χ3v) is 5.51. The molecule has 2 N–H and O–H groups in total. The molecule has 26 heavy (non-hydrogen) atoms. The number of nitro groups is 1.